The maximum atomic E-state index is 12.4. The molecule has 0 radical (unpaired) electrons. The summed E-state index contributed by atoms with van der Waals surface area (Å²) >= 11 is 4.60. The van der Waals surface area contributed by atoms with Crippen LogP contribution in [0.3, 0.4) is 0 Å². The first-order valence-electron chi connectivity index (χ1n) is 39.4. The molecule has 0 unspecified atom stereocenters. The van der Waals surface area contributed by atoms with Crippen LogP contribution in [-0.4, -0.2) is 207 Å². The quantitative estimate of drug-likeness (QED) is 0.129. The Bertz CT molecular complexity index is 3540. The van der Waals surface area contributed by atoms with Crippen LogP contribution in [0.25, 0.3) is 0 Å². The molecule has 4 aromatic rings. The molecule has 586 valence electrons. The summed E-state index contributed by atoms with van der Waals surface area (Å²) in [6.45, 7) is 26.2. The number of hydrogen-bond acceptors (Lipinski definition) is 18. The first kappa shape index (κ1) is 87.1. The first-order valence-corrected chi connectivity index (χ1v) is 39.8. The van der Waals surface area contributed by atoms with Gasteiger partial charge in [0, 0.05) is 128 Å². The molecule has 2 N–H and O–H groups in total. The fourth-order valence-electron chi connectivity index (χ4n) is 16.2. The Labute approximate surface area is 649 Å². The molecule has 4 saturated heterocycles. The molecule has 4 saturated carbocycles. The number of rotatable bonds is 7. The van der Waals surface area contributed by atoms with Gasteiger partial charge in [0.1, 0.15) is 17.0 Å². The lowest BCUT2D eigenvalue weighted by Gasteiger charge is -2.40. The lowest BCUT2D eigenvalue weighted by atomic mass is 9.69. The number of hydrogen-bond donors (Lipinski definition) is 2. The molecule has 108 heavy (non-hydrogen) atoms. The number of ether oxygens (including phenoxy) is 4. The molecule has 0 aromatic heterocycles. The molecule has 0 atom stereocenters. The minimum absolute atomic E-state index is 0.193. The number of carbonyl (C=O) groups excluding carboxylic acids is 5. The highest BCUT2D eigenvalue weighted by Gasteiger charge is 2.43. The molecule has 22 heteroatoms. The summed E-state index contributed by atoms with van der Waals surface area (Å²) < 4.78 is 19.6. The average molecular weight is 1500 g/mol. The summed E-state index contributed by atoms with van der Waals surface area (Å²) in [6.07, 6.45) is 18.1. The molecule has 4 aliphatic heterocycles. The molecule has 8 fully saturated rings. The van der Waals surface area contributed by atoms with E-state index < -0.39 is 22.0 Å². The van der Waals surface area contributed by atoms with Crippen molar-refractivity contribution < 1.29 is 42.9 Å². The fraction of sp³-hybridized carbons (Fsp3) is 0.616. The molecule has 0 spiro atoms. The van der Waals surface area contributed by atoms with Crippen LogP contribution in [0.5, 0.6) is 0 Å². The number of amides is 3. The smallest absolute Gasteiger partial charge is 0.410 e. The highest BCUT2D eigenvalue weighted by Crippen LogP contribution is 2.44. The maximum Gasteiger partial charge on any atom is 0.410 e. The van der Waals surface area contributed by atoms with E-state index in [1.807, 2.05) is 119 Å². The van der Waals surface area contributed by atoms with E-state index in [1.54, 1.807) is 9.80 Å². The second kappa shape index (κ2) is 43.3. The SMILES string of the molecule is CC(C)(C)OC(=O)N1CCCN(C2CCC(C#N)(c3ccccc3)CC2)CC1.CC(C)(C)OC(=O)N1CCCNCC1.COC(=O)Cl.COC(=O)N1CCCN(C2CCC(C#N)(c3ccccc3)CC2)CC1.N#CC1(c2ccccc2)CCC(=O)CC1.N#CC1(c2ccccc2)CCC(N2CCCNCC2)CC1. The molecular weight excluding hydrogens is 1380 g/mol. The molecule has 4 heterocycles. The van der Waals surface area contributed by atoms with Gasteiger partial charge < -0.3 is 44.3 Å². The van der Waals surface area contributed by atoms with Crippen LogP contribution in [0, 0.1) is 45.3 Å². The van der Waals surface area contributed by atoms with E-state index in [-0.39, 0.29) is 40.3 Å². The standard InChI is InChI=1S/C23H33N3O2.C20H27N3O2.C18H25N3.C13H13NO.C10H20N2O2.C2H3ClO2/c1-22(2,3)28-21(27)26-15-7-14-25(16-17-26)20-10-12-23(18-24,13-11-20)19-8-5-4-6-9-19;1-25-19(24)23-13-5-12-22(14-15-23)18-8-10-20(16-21,11-9-18)17-6-3-2-4-7-17;19-15-18(16-5-2-1-3-6-16)9-7-17(8-10-18)21-13-4-11-20-12-14-21;14-10-13(8-6-12(15)7-9-13)11-4-2-1-3-5-11;1-10(2,3)14-9(13)12-7-4-5-11-6-8-12;1-5-2(3)4/h4-6,8-9,20H,7,10-17H2,1-3H3;2-4,6-7,18H,5,8-15H2,1H3;1-3,5-6,17,20H,4,7-14H2;1-5H,6-9H2;11H,4-8H2,1-3H3;1H3. The summed E-state index contributed by atoms with van der Waals surface area (Å²) in [6, 6.07) is 52.7. The number of halogens is 1. The summed E-state index contributed by atoms with van der Waals surface area (Å²) in [4.78, 5) is 69.4. The number of nitrogens with zero attached hydrogens (tertiary/aromatic N) is 10. The van der Waals surface area contributed by atoms with Gasteiger partial charge >= 0.3 is 23.7 Å². The highest BCUT2D eigenvalue weighted by atomic mass is 35.5. The predicted molar refractivity (Wildman–Crippen MR) is 422 cm³/mol. The van der Waals surface area contributed by atoms with Crippen molar-refractivity contribution in [1.29, 1.82) is 21.0 Å². The molecule has 12 rings (SSSR count). The van der Waals surface area contributed by atoms with Crippen LogP contribution in [-0.2, 0) is 45.4 Å². The van der Waals surface area contributed by atoms with E-state index in [0.29, 0.717) is 50.4 Å². The molecule has 0 bridgehead atoms. The zero-order valence-corrected chi connectivity index (χ0v) is 66.5. The van der Waals surface area contributed by atoms with E-state index in [4.69, 9.17) is 14.2 Å². The van der Waals surface area contributed by atoms with Crippen LogP contribution in [0.2, 0.25) is 0 Å². The third kappa shape index (κ3) is 26.6. The van der Waals surface area contributed by atoms with Gasteiger partial charge in [0.05, 0.1) is 60.2 Å². The number of nitriles is 4. The van der Waals surface area contributed by atoms with E-state index in [2.05, 4.69) is 114 Å². The Morgan fingerprint density at radius 1 is 0.389 bits per heavy atom. The maximum absolute atomic E-state index is 12.4. The number of methoxy groups -OCH3 is 2. The van der Waals surface area contributed by atoms with Crippen molar-refractivity contribution in [3.05, 3.63) is 144 Å². The van der Waals surface area contributed by atoms with E-state index in [9.17, 15) is 45.0 Å². The highest BCUT2D eigenvalue weighted by molar-refractivity contribution is 6.61. The largest absolute Gasteiger partial charge is 0.457 e. The molecule has 3 amide bonds. The van der Waals surface area contributed by atoms with Gasteiger partial charge in [-0.05, 0) is 199 Å². The van der Waals surface area contributed by atoms with Crippen LogP contribution in [0.1, 0.15) is 192 Å². The minimum atomic E-state index is -0.773. The van der Waals surface area contributed by atoms with Gasteiger partial charge in [-0.15, -0.1) is 0 Å². The second-order valence-corrected chi connectivity index (χ2v) is 32.1. The van der Waals surface area contributed by atoms with Gasteiger partial charge in [0.2, 0.25) is 0 Å². The number of nitrogens with one attached hydrogen (secondary N) is 2. The third-order valence-corrected chi connectivity index (χ3v) is 22.6. The summed E-state index contributed by atoms with van der Waals surface area (Å²) in [5, 5.41) is 45.5. The summed E-state index contributed by atoms with van der Waals surface area (Å²) in [7, 11) is 2.66. The minimum Gasteiger partial charge on any atom is -0.457 e. The van der Waals surface area contributed by atoms with Gasteiger partial charge in [-0.3, -0.25) is 19.5 Å². The monoisotopic (exact) mass is 1500 g/mol. The van der Waals surface area contributed by atoms with Crippen molar-refractivity contribution in [2.24, 2.45) is 0 Å². The van der Waals surface area contributed by atoms with E-state index in [1.165, 1.54) is 32.7 Å². The summed E-state index contributed by atoms with van der Waals surface area (Å²) in [5.41, 5.74) is 1.62. The summed E-state index contributed by atoms with van der Waals surface area (Å²) in [5.74, 6) is 0.289. The average Bonchev–Trinajstić information content (AvgIpc) is 0.919. The van der Waals surface area contributed by atoms with Crippen molar-refractivity contribution in [2.45, 2.75) is 221 Å². The first-order chi connectivity index (χ1) is 51.9. The van der Waals surface area contributed by atoms with Crippen molar-refractivity contribution in [1.82, 2.24) is 40.0 Å². The Morgan fingerprint density at radius 2 is 0.676 bits per heavy atom. The fourth-order valence-corrected chi connectivity index (χ4v) is 16.2. The Balaban J connectivity index is 0.000000189. The van der Waals surface area contributed by atoms with Gasteiger partial charge in [-0.25, -0.2) is 19.2 Å². The predicted octanol–water partition coefficient (Wildman–Crippen LogP) is 15.0. The van der Waals surface area contributed by atoms with Gasteiger partial charge in [0.15, 0.2) is 0 Å². The number of carbonyl (C=O) groups is 5. The molecule has 4 aromatic carbocycles. The van der Waals surface area contributed by atoms with Crippen molar-refractivity contribution in [3.63, 3.8) is 0 Å². The van der Waals surface area contributed by atoms with Gasteiger partial charge in [-0.1, -0.05) is 121 Å². The molecule has 4 aliphatic carbocycles. The molecule has 8 aliphatic rings. The van der Waals surface area contributed by atoms with E-state index >= 15 is 0 Å². The van der Waals surface area contributed by atoms with Crippen molar-refractivity contribution in [2.75, 3.05) is 119 Å². The second-order valence-electron chi connectivity index (χ2n) is 31.8. The van der Waals surface area contributed by atoms with Crippen molar-refractivity contribution in [3.8, 4) is 24.3 Å². The van der Waals surface area contributed by atoms with Crippen molar-refractivity contribution >= 4 is 41.1 Å². The molecule has 21 nitrogen and oxygen atoms in total. The Hall–Kier alpha value is -8.12. The molecular formula is C86H121ClN12O9. The van der Waals surface area contributed by atoms with E-state index in [0.717, 1.165) is 205 Å². The van der Waals surface area contributed by atoms with Gasteiger partial charge in [0.25, 0.3) is 0 Å². The number of benzene rings is 4. The zero-order valence-electron chi connectivity index (χ0n) is 65.8. The third-order valence-electron chi connectivity index (χ3n) is 22.5. The van der Waals surface area contributed by atoms with Crippen LogP contribution < -0.4 is 10.6 Å². The Morgan fingerprint density at radius 3 is 1.00 bits per heavy atom. The lowest BCUT2D eigenvalue weighted by Crippen LogP contribution is -2.44. The topological polar surface area (TPSA) is 261 Å². The van der Waals surface area contributed by atoms with Crippen LogP contribution in [0.15, 0.2) is 121 Å². The zero-order chi connectivity index (χ0) is 78.1. The van der Waals surface area contributed by atoms with Crippen LogP contribution >= 0.6 is 11.6 Å². The van der Waals surface area contributed by atoms with Crippen LogP contribution in [0.4, 0.5) is 19.2 Å². The normalized spacial score (nSPS) is 25.0. The number of ketones is 1. The Kier molecular flexibility index (Phi) is 34.9. The van der Waals surface area contributed by atoms with Gasteiger partial charge in [-0.2, -0.15) is 21.0 Å². The number of Topliss-reactive ketones (excluding diaryl/α,β-unsaturated/α-hetero) is 1. The lowest BCUT2D eigenvalue weighted by molar-refractivity contribution is -0.121.